The van der Waals surface area contributed by atoms with Crippen molar-refractivity contribution >= 4 is 23.2 Å². The van der Waals surface area contributed by atoms with Gasteiger partial charge in [0.1, 0.15) is 6.04 Å². The van der Waals surface area contributed by atoms with Gasteiger partial charge in [0.15, 0.2) is 0 Å². The number of amides is 1. The molecule has 2 rings (SSSR count). The Morgan fingerprint density at radius 1 is 1.29 bits per heavy atom. The maximum atomic E-state index is 11.7. The molecule has 2 aromatic carbocycles. The molecule has 0 aliphatic rings. The summed E-state index contributed by atoms with van der Waals surface area (Å²) in [5.41, 5.74) is 8.07. The Bertz CT molecular complexity index is 614. The molecule has 0 heterocycles. The van der Waals surface area contributed by atoms with Crippen LogP contribution in [0.1, 0.15) is 17.2 Å². The molecule has 1 amide bonds. The average Bonchev–Trinajstić information content (AvgIpc) is 2.47. The van der Waals surface area contributed by atoms with E-state index < -0.39 is 11.9 Å². The summed E-state index contributed by atoms with van der Waals surface area (Å²) in [7, 11) is 1.63. The van der Waals surface area contributed by atoms with Crippen LogP contribution in [0.25, 0.3) is 0 Å². The van der Waals surface area contributed by atoms with E-state index in [-0.39, 0.29) is 0 Å². The molecule has 2 aromatic rings. The first kappa shape index (κ1) is 15.4. The van der Waals surface area contributed by atoms with Gasteiger partial charge in [0.25, 0.3) is 0 Å². The fourth-order valence-corrected chi connectivity index (χ4v) is 2.19. The van der Waals surface area contributed by atoms with Crippen molar-refractivity contribution in [2.45, 2.75) is 12.6 Å². The molecule has 0 spiro atoms. The maximum Gasteiger partial charge on any atom is 0.244 e. The van der Waals surface area contributed by atoms with Gasteiger partial charge >= 0.3 is 0 Å². The largest absolute Gasteiger partial charge is 0.380 e. The van der Waals surface area contributed by atoms with Crippen molar-refractivity contribution < 1.29 is 9.53 Å². The van der Waals surface area contributed by atoms with Crippen LogP contribution in [0.5, 0.6) is 0 Å². The number of hydrogen-bond donors (Lipinski definition) is 2. The van der Waals surface area contributed by atoms with Crippen LogP contribution in [0.2, 0.25) is 5.02 Å². The standard InChI is InChI=1S/C16H17ClN2O2/c1-21-10-11-3-2-4-12(9-11)15(16(18)20)19-14-7-5-13(17)6-8-14/h2-9,15,19H,10H2,1H3,(H2,18,20). The van der Waals surface area contributed by atoms with E-state index in [0.717, 1.165) is 16.8 Å². The molecule has 3 N–H and O–H groups in total. The lowest BCUT2D eigenvalue weighted by atomic mass is 10.0. The number of halogens is 1. The van der Waals surface area contributed by atoms with E-state index in [2.05, 4.69) is 5.32 Å². The number of carbonyl (C=O) groups excluding carboxylic acids is 1. The third-order valence-electron chi connectivity index (χ3n) is 3.04. The Kier molecular flexibility index (Phi) is 5.20. The van der Waals surface area contributed by atoms with Crippen LogP contribution < -0.4 is 11.1 Å². The van der Waals surface area contributed by atoms with Gasteiger partial charge < -0.3 is 15.8 Å². The van der Waals surface area contributed by atoms with Crippen molar-refractivity contribution in [1.82, 2.24) is 0 Å². The molecule has 1 atom stereocenters. The van der Waals surface area contributed by atoms with Crippen molar-refractivity contribution in [3.8, 4) is 0 Å². The molecule has 0 aromatic heterocycles. The van der Waals surface area contributed by atoms with E-state index >= 15 is 0 Å². The van der Waals surface area contributed by atoms with Gasteiger partial charge in [-0.15, -0.1) is 0 Å². The molecule has 110 valence electrons. The molecule has 0 saturated heterocycles. The zero-order valence-electron chi connectivity index (χ0n) is 11.7. The van der Waals surface area contributed by atoms with Gasteiger partial charge in [0.05, 0.1) is 6.61 Å². The summed E-state index contributed by atoms with van der Waals surface area (Å²) in [4.78, 5) is 11.7. The monoisotopic (exact) mass is 304 g/mol. The third-order valence-corrected chi connectivity index (χ3v) is 3.29. The molecule has 0 bridgehead atoms. The normalized spacial score (nSPS) is 11.9. The SMILES string of the molecule is COCc1cccc(C(Nc2ccc(Cl)cc2)C(N)=O)c1. The minimum absolute atomic E-state index is 0.445. The number of benzene rings is 2. The summed E-state index contributed by atoms with van der Waals surface area (Å²) in [5, 5.41) is 3.75. The first-order chi connectivity index (χ1) is 10.1. The number of methoxy groups -OCH3 is 1. The van der Waals surface area contributed by atoms with Crippen LogP contribution in [0, 0.1) is 0 Å². The van der Waals surface area contributed by atoms with Gasteiger partial charge in [-0.3, -0.25) is 4.79 Å². The molecule has 0 aliphatic heterocycles. The van der Waals surface area contributed by atoms with E-state index in [9.17, 15) is 4.79 Å². The zero-order valence-corrected chi connectivity index (χ0v) is 12.4. The maximum absolute atomic E-state index is 11.7. The number of carbonyl (C=O) groups is 1. The highest BCUT2D eigenvalue weighted by molar-refractivity contribution is 6.30. The Hall–Kier alpha value is -2.04. The van der Waals surface area contributed by atoms with Gasteiger partial charge in [-0.2, -0.15) is 0 Å². The smallest absolute Gasteiger partial charge is 0.244 e. The Balaban J connectivity index is 2.24. The van der Waals surface area contributed by atoms with Crippen LogP contribution in [0.4, 0.5) is 5.69 Å². The number of hydrogen-bond acceptors (Lipinski definition) is 3. The molecule has 0 fully saturated rings. The Morgan fingerprint density at radius 2 is 2.00 bits per heavy atom. The lowest BCUT2D eigenvalue weighted by molar-refractivity contribution is -0.118. The minimum Gasteiger partial charge on any atom is -0.380 e. The van der Waals surface area contributed by atoms with Gasteiger partial charge in [-0.25, -0.2) is 0 Å². The molecular formula is C16H17ClN2O2. The van der Waals surface area contributed by atoms with Crippen LogP contribution in [0.15, 0.2) is 48.5 Å². The number of ether oxygens (including phenoxy) is 1. The Morgan fingerprint density at radius 3 is 2.62 bits per heavy atom. The van der Waals surface area contributed by atoms with Gasteiger partial charge in [0, 0.05) is 17.8 Å². The summed E-state index contributed by atoms with van der Waals surface area (Å²) in [5.74, 6) is -0.445. The van der Waals surface area contributed by atoms with Crippen LogP contribution in [-0.4, -0.2) is 13.0 Å². The predicted molar refractivity (Wildman–Crippen MR) is 84.2 cm³/mol. The van der Waals surface area contributed by atoms with Crippen LogP contribution in [0.3, 0.4) is 0 Å². The average molecular weight is 305 g/mol. The van der Waals surface area contributed by atoms with Crippen molar-refractivity contribution in [2.24, 2.45) is 5.73 Å². The van der Waals surface area contributed by atoms with Gasteiger partial charge in [-0.1, -0.05) is 35.9 Å². The molecule has 4 nitrogen and oxygen atoms in total. The van der Waals surface area contributed by atoms with Crippen molar-refractivity contribution in [3.05, 3.63) is 64.7 Å². The second kappa shape index (κ2) is 7.11. The zero-order chi connectivity index (χ0) is 15.2. The van der Waals surface area contributed by atoms with Crippen molar-refractivity contribution in [3.63, 3.8) is 0 Å². The first-order valence-electron chi connectivity index (χ1n) is 6.49. The topological polar surface area (TPSA) is 64.3 Å². The second-order valence-corrected chi connectivity index (χ2v) is 5.10. The highest BCUT2D eigenvalue weighted by Crippen LogP contribution is 2.22. The quantitative estimate of drug-likeness (QED) is 0.862. The molecular weight excluding hydrogens is 288 g/mol. The summed E-state index contributed by atoms with van der Waals surface area (Å²) in [6.45, 7) is 0.486. The molecule has 0 saturated carbocycles. The number of nitrogens with one attached hydrogen (secondary N) is 1. The van der Waals surface area contributed by atoms with E-state index in [1.54, 1.807) is 31.4 Å². The highest BCUT2D eigenvalue weighted by Gasteiger charge is 2.17. The molecule has 1 unspecified atom stereocenters. The Labute approximate surface area is 128 Å². The summed E-state index contributed by atoms with van der Waals surface area (Å²) >= 11 is 5.85. The van der Waals surface area contributed by atoms with Crippen molar-refractivity contribution in [2.75, 3.05) is 12.4 Å². The third kappa shape index (κ3) is 4.21. The van der Waals surface area contributed by atoms with Crippen LogP contribution >= 0.6 is 11.6 Å². The molecule has 5 heteroatoms. The number of anilines is 1. The number of primary amides is 1. The lowest BCUT2D eigenvalue weighted by Gasteiger charge is -2.18. The fourth-order valence-electron chi connectivity index (χ4n) is 2.06. The second-order valence-electron chi connectivity index (χ2n) is 4.66. The molecule has 21 heavy (non-hydrogen) atoms. The number of rotatable bonds is 6. The van der Waals surface area contributed by atoms with E-state index in [1.165, 1.54) is 0 Å². The lowest BCUT2D eigenvalue weighted by Crippen LogP contribution is -2.27. The molecule has 0 aliphatic carbocycles. The summed E-state index contributed by atoms with van der Waals surface area (Å²) in [6.07, 6.45) is 0. The van der Waals surface area contributed by atoms with E-state index in [0.29, 0.717) is 11.6 Å². The molecule has 0 radical (unpaired) electrons. The highest BCUT2D eigenvalue weighted by atomic mass is 35.5. The summed E-state index contributed by atoms with van der Waals surface area (Å²) in [6, 6.07) is 14.1. The minimum atomic E-state index is -0.608. The van der Waals surface area contributed by atoms with Crippen molar-refractivity contribution in [1.29, 1.82) is 0 Å². The van der Waals surface area contributed by atoms with Crippen LogP contribution in [-0.2, 0) is 16.1 Å². The first-order valence-corrected chi connectivity index (χ1v) is 6.87. The fraction of sp³-hybridized carbons (Fsp3) is 0.188. The summed E-state index contributed by atoms with van der Waals surface area (Å²) < 4.78 is 5.10. The van der Waals surface area contributed by atoms with E-state index in [1.807, 2.05) is 24.3 Å². The number of nitrogens with two attached hydrogens (primary N) is 1. The van der Waals surface area contributed by atoms with Gasteiger partial charge in [-0.05, 0) is 35.4 Å². The van der Waals surface area contributed by atoms with E-state index in [4.69, 9.17) is 22.1 Å². The predicted octanol–water partition coefficient (Wildman–Crippen LogP) is 3.12. The van der Waals surface area contributed by atoms with Gasteiger partial charge in [0.2, 0.25) is 5.91 Å².